The minimum Gasteiger partial charge on any atom is -0.446 e. The Balaban J connectivity index is 2.37. The van der Waals surface area contributed by atoms with Gasteiger partial charge >= 0.3 is 6.18 Å². The van der Waals surface area contributed by atoms with Gasteiger partial charge in [0.1, 0.15) is 0 Å². The zero-order valence-electron chi connectivity index (χ0n) is 12.9. The van der Waals surface area contributed by atoms with Gasteiger partial charge in [0.15, 0.2) is 29.0 Å². The smallest absolute Gasteiger partial charge is 0.416 e. The van der Waals surface area contributed by atoms with Gasteiger partial charge in [-0.05, 0) is 24.3 Å². The van der Waals surface area contributed by atoms with Crippen LogP contribution in [0.1, 0.15) is 5.56 Å². The lowest BCUT2D eigenvalue weighted by atomic mass is 10.2. The van der Waals surface area contributed by atoms with E-state index in [0.717, 1.165) is 6.07 Å². The van der Waals surface area contributed by atoms with Gasteiger partial charge in [-0.3, -0.25) is 0 Å². The average molecular weight is 400 g/mol. The molecule has 0 fully saturated rings. The first kappa shape index (κ1) is 20.2. The summed E-state index contributed by atoms with van der Waals surface area (Å²) in [7, 11) is 0. The molecule has 10 heteroatoms. The molecule has 0 saturated heterocycles. The number of aliphatic hydroxyl groups excluding tert-OH is 1. The van der Waals surface area contributed by atoms with Crippen LogP contribution in [-0.2, 0) is 6.18 Å². The van der Waals surface area contributed by atoms with E-state index in [-0.39, 0.29) is 30.2 Å². The van der Waals surface area contributed by atoms with Crippen LogP contribution in [0.15, 0.2) is 30.3 Å². The lowest BCUT2D eigenvalue weighted by Crippen LogP contribution is -2.21. The predicted octanol–water partition coefficient (Wildman–Crippen LogP) is 4.93. The number of aliphatic hydroxyl groups is 1. The number of para-hydroxylation sites is 1. The third-order valence-corrected chi connectivity index (χ3v) is 3.56. The van der Waals surface area contributed by atoms with Crippen molar-refractivity contribution in [2.24, 2.45) is 0 Å². The predicted molar refractivity (Wildman–Crippen MR) is 83.1 cm³/mol. The van der Waals surface area contributed by atoms with E-state index >= 15 is 0 Å². The summed E-state index contributed by atoms with van der Waals surface area (Å²) in [5, 5.41) is 12.0. The fourth-order valence-electron chi connectivity index (χ4n) is 1.96. The molecule has 0 aromatic heterocycles. The fraction of sp³-hybridized carbons (Fsp3) is 0.250. The van der Waals surface area contributed by atoms with E-state index in [1.54, 1.807) is 0 Å². The Bertz CT molecular complexity index is 761. The third-order valence-electron chi connectivity index (χ3n) is 3.20. The quantitative estimate of drug-likeness (QED) is 0.535. The first-order valence-corrected chi connectivity index (χ1v) is 7.67. The van der Waals surface area contributed by atoms with Gasteiger partial charge < -0.3 is 15.2 Å². The van der Waals surface area contributed by atoms with Crippen molar-refractivity contribution in [3.63, 3.8) is 0 Å². The molecule has 1 unspecified atom stereocenters. The Morgan fingerprint density at radius 1 is 1.04 bits per heavy atom. The van der Waals surface area contributed by atoms with Gasteiger partial charge in [0.05, 0.1) is 23.2 Å². The number of hydrogen-bond donors (Lipinski definition) is 2. The highest BCUT2D eigenvalue weighted by Gasteiger charge is 2.33. The zero-order chi connectivity index (χ0) is 19.5. The Morgan fingerprint density at radius 3 is 2.19 bits per heavy atom. The van der Waals surface area contributed by atoms with E-state index in [1.807, 2.05) is 0 Å². The van der Waals surface area contributed by atoms with Crippen molar-refractivity contribution in [2.45, 2.75) is 12.3 Å². The highest BCUT2D eigenvalue weighted by molar-refractivity contribution is 6.18. The highest BCUT2D eigenvalue weighted by atomic mass is 35.5. The van der Waals surface area contributed by atoms with Crippen LogP contribution in [-0.4, -0.2) is 23.6 Å². The minimum absolute atomic E-state index is 0.0452. The van der Waals surface area contributed by atoms with Gasteiger partial charge in [0, 0.05) is 6.54 Å². The van der Waals surface area contributed by atoms with E-state index in [1.165, 1.54) is 12.1 Å². The molecule has 0 heterocycles. The van der Waals surface area contributed by atoms with Crippen molar-refractivity contribution < 1.29 is 36.2 Å². The Morgan fingerprint density at radius 2 is 1.65 bits per heavy atom. The molecule has 2 rings (SSSR count). The third kappa shape index (κ3) is 4.73. The number of nitrogens with one attached hydrogen (secondary N) is 1. The van der Waals surface area contributed by atoms with Gasteiger partial charge in [-0.25, -0.2) is 13.2 Å². The lowest BCUT2D eigenvalue weighted by Gasteiger charge is -2.16. The number of rotatable bonds is 6. The molecule has 0 aliphatic heterocycles. The number of halogens is 7. The monoisotopic (exact) mass is 399 g/mol. The molecule has 0 saturated carbocycles. The highest BCUT2D eigenvalue weighted by Crippen LogP contribution is 2.38. The summed E-state index contributed by atoms with van der Waals surface area (Å²) >= 11 is 5.43. The van der Waals surface area contributed by atoms with Gasteiger partial charge in [0.25, 0.3) is 0 Å². The second kappa shape index (κ2) is 8.05. The van der Waals surface area contributed by atoms with Crippen LogP contribution in [0.25, 0.3) is 0 Å². The Hall–Kier alpha value is -2.13. The normalized spacial score (nSPS) is 12.8. The standard InChI is InChI=1S/C16H12ClF6NO2/c17-6-9(25)7-24-13-3-1-2-10(18)15(13)26-14-11(19)4-8(5-12(14)20)16(21,22)23/h1-5,9,24-25H,6-7H2. The summed E-state index contributed by atoms with van der Waals surface area (Å²) in [6.45, 7) is -0.124. The summed E-state index contributed by atoms with van der Waals surface area (Å²) in [4.78, 5) is 0. The van der Waals surface area contributed by atoms with Gasteiger partial charge in [-0.1, -0.05) is 6.07 Å². The zero-order valence-corrected chi connectivity index (χ0v) is 13.6. The van der Waals surface area contributed by atoms with Crippen molar-refractivity contribution in [2.75, 3.05) is 17.7 Å². The number of anilines is 1. The van der Waals surface area contributed by atoms with E-state index in [2.05, 4.69) is 5.32 Å². The van der Waals surface area contributed by atoms with Crippen LogP contribution in [0.2, 0.25) is 0 Å². The lowest BCUT2D eigenvalue weighted by molar-refractivity contribution is -0.138. The topological polar surface area (TPSA) is 41.5 Å². The largest absolute Gasteiger partial charge is 0.446 e. The molecular weight excluding hydrogens is 388 g/mol. The maximum atomic E-state index is 14.0. The molecule has 2 aromatic rings. The van der Waals surface area contributed by atoms with E-state index in [0.29, 0.717) is 0 Å². The molecular formula is C16H12ClF6NO2. The molecule has 2 aromatic carbocycles. The van der Waals surface area contributed by atoms with E-state index < -0.39 is 46.8 Å². The van der Waals surface area contributed by atoms with Crippen LogP contribution < -0.4 is 10.1 Å². The molecule has 0 aliphatic rings. The van der Waals surface area contributed by atoms with Gasteiger partial charge in [0.2, 0.25) is 0 Å². The first-order chi connectivity index (χ1) is 12.1. The summed E-state index contributed by atoms with van der Waals surface area (Å²) in [6.07, 6.45) is -5.95. The fourth-order valence-corrected chi connectivity index (χ4v) is 2.07. The number of benzene rings is 2. The Labute approximate surface area is 149 Å². The van der Waals surface area contributed by atoms with Crippen molar-refractivity contribution in [1.29, 1.82) is 0 Å². The molecule has 2 N–H and O–H groups in total. The molecule has 26 heavy (non-hydrogen) atoms. The van der Waals surface area contributed by atoms with Crippen LogP contribution in [0.3, 0.4) is 0 Å². The second-order valence-corrected chi connectivity index (χ2v) is 5.48. The maximum Gasteiger partial charge on any atom is 0.416 e. The summed E-state index contributed by atoms with van der Waals surface area (Å²) in [5.41, 5.74) is -1.62. The molecule has 142 valence electrons. The van der Waals surface area contributed by atoms with Crippen molar-refractivity contribution in [1.82, 2.24) is 0 Å². The minimum atomic E-state index is -4.96. The van der Waals surface area contributed by atoms with E-state index in [4.69, 9.17) is 16.3 Å². The van der Waals surface area contributed by atoms with Gasteiger partial charge in [-0.2, -0.15) is 13.2 Å². The number of alkyl halides is 4. The van der Waals surface area contributed by atoms with Crippen LogP contribution >= 0.6 is 11.6 Å². The molecule has 1 atom stereocenters. The van der Waals surface area contributed by atoms with Crippen LogP contribution in [0.5, 0.6) is 11.5 Å². The SMILES string of the molecule is OC(CCl)CNc1cccc(F)c1Oc1c(F)cc(C(F)(F)F)cc1F. The van der Waals surface area contributed by atoms with Gasteiger partial charge in [-0.15, -0.1) is 11.6 Å². The molecule has 0 bridgehead atoms. The first-order valence-electron chi connectivity index (χ1n) is 7.14. The van der Waals surface area contributed by atoms with Crippen molar-refractivity contribution in [3.05, 3.63) is 53.3 Å². The number of hydrogen-bond acceptors (Lipinski definition) is 3. The van der Waals surface area contributed by atoms with Crippen LogP contribution in [0, 0.1) is 17.5 Å². The molecule has 0 amide bonds. The van der Waals surface area contributed by atoms with Crippen LogP contribution in [0.4, 0.5) is 32.0 Å². The molecule has 0 radical (unpaired) electrons. The number of ether oxygens (including phenoxy) is 1. The molecule has 0 aliphatic carbocycles. The summed E-state index contributed by atoms with van der Waals surface area (Å²) < 4.78 is 84.3. The average Bonchev–Trinajstić information content (AvgIpc) is 2.56. The van der Waals surface area contributed by atoms with E-state index in [9.17, 15) is 31.4 Å². The second-order valence-electron chi connectivity index (χ2n) is 5.17. The molecule has 0 spiro atoms. The van der Waals surface area contributed by atoms with Crippen molar-refractivity contribution >= 4 is 17.3 Å². The summed E-state index contributed by atoms with van der Waals surface area (Å²) in [5.74, 6) is -6.27. The maximum absolute atomic E-state index is 14.0. The molecule has 3 nitrogen and oxygen atoms in total. The summed E-state index contributed by atoms with van der Waals surface area (Å²) in [6, 6.07) is 3.57. The Kier molecular flexibility index (Phi) is 6.25. The van der Waals surface area contributed by atoms with Crippen molar-refractivity contribution in [3.8, 4) is 11.5 Å².